The lowest BCUT2D eigenvalue weighted by Crippen LogP contribution is -2.11. The van der Waals surface area contributed by atoms with Crippen LogP contribution in [0.15, 0.2) is 30.3 Å². The van der Waals surface area contributed by atoms with Gasteiger partial charge in [0.1, 0.15) is 11.6 Å². The third-order valence-corrected chi connectivity index (χ3v) is 2.87. The van der Waals surface area contributed by atoms with Gasteiger partial charge in [-0.25, -0.2) is 9.37 Å². The fraction of sp³-hybridized carbons (Fsp3) is 0.312. The van der Waals surface area contributed by atoms with Gasteiger partial charge in [-0.3, -0.25) is 0 Å². The van der Waals surface area contributed by atoms with E-state index in [0.29, 0.717) is 12.4 Å². The molecule has 4 heteroatoms. The van der Waals surface area contributed by atoms with Crippen LogP contribution in [0.3, 0.4) is 0 Å². The first-order chi connectivity index (χ1) is 9.61. The van der Waals surface area contributed by atoms with Gasteiger partial charge in [0.2, 0.25) is 0 Å². The van der Waals surface area contributed by atoms with Crippen LogP contribution < -0.4 is 11.1 Å². The van der Waals surface area contributed by atoms with Crippen molar-refractivity contribution in [2.24, 2.45) is 0 Å². The molecule has 0 saturated carbocycles. The van der Waals surface area contributed by atoms with Crippen LogP contribution in [-0.2, 0) is 6.54 Å². The summed E-state index contributed by atoms with van der Waals surface area (Å²) in [6.45, 7) is 6.69. The SMILES string of the molecule is CC.CNCc1c(C)cc(-c2ccc(F)cc2)nc1N. The van der Waals surface area contributed by atoms with Gasteiger partial charge in [0.25, 0.3) is 0 Å². The van der Waals surface area contributed by atoms with Gasteiger partial charge in [0, 0.05) is 17.7 Å². The molecule has 0 unspecified atom stereocenters. The van der Waals surface area contributed by atoms with E-state index in [-0.39, 0.29) is 5.82 Å². The topological polar surface area (TPSA) is 50.9 Å². The number of hydrogen-bond donors (Lipinski definition) is 2. The molecule has 0 aliphatic heterocycles. The first kappa shape index (κ1) is 16.1. The standard InChI is InChI=1S/C14H16FN3.C2H6/c1-9-7-13(10-3-5-11(15)6-4-10)18-14(16)12(9)8-17-2;1-2/h3-7,17H,8H2,1-2H3,(H2,16,18);1-2H3. The van der Waals surface area contributed by atoms with Crippen molar-refractivity contribution >= 4 is 5.82 Å². The molecule has 1 aromatic heterocycles. The molecule has 2 aromatic rings. The van der Waals surface area contributed by atoms with Gasteiger partial charge >= 0.3 is 0 Å². The summed E-state index contributed by atoms with van der Waals surface area (Å²) >= 11 is 0. The fourth-order valence-corrected chi connectivity index (χ4v) is 1.90. The largest absolute Gasteiger partial charge is 0.383 e. The van der Waals surface area contributed by atoms with Crippen molar-refractivity contribution in [3.05, 3.63) is 47.3 Å². The second-order valence-electron chi connectivity index (χ2n) is 4.23. The molecule has 0 spiro atoms. The van der Waals surface area contributed by atoms with Crippen LogP contribution in [0, 0.1) is 12.7 Å². The second-order valence-corrected chi connectivity index (χ2v) is 4.23. The third kappa shape index (κ3) is 3.78. The van der Waals surface area contributed by atoms with E-state index in [9.17, 15) is 4.39 Å². The van der Waals surface area contributed by atoms with Crippen molar-refractivity contribution < 1.29 is 4.39 Å². The van der Waals surface area contributed by atoms with Crippen molar-refractivity contribution in [2.75, 3.05) is 12.8 Å². The molecule has 0 fully saturated rings. The number of benzene rings is 1. The van der Waals surface area contributed by atoms with Gasteiger partial charge in [0.05, 0.1) is 5.69 Å². The summed E-state index contributed by atoms with van der Waals surface area (Å²) < 4.78 is 12.9. The molecule has 0 amide bonds. The number of rotatable bonds is 3. The van der Waals surface area contributed by atoms with E-state index in [1.54, 1.807) is 12.1 Å². The van der Waals surface area contributed by atoms with Gasteiger partial charge < -0.3 is 11.1 Å². The summed E-state index contributed by atoms with van der Waals surface area (Å²) in [5.41, 5.74) is 9.66. The van der Waals surface area contributed by atoms with Crippen molar-refractivity contribution in [3.8, 4) is 11.3 Å². The number of nitrogens with one attached hydrogen (secondary N) is 1. The van der Waals surface area contributed by atoms with Crippen molar-refractivity contribution in [1.82, 2.24) is 10.3 Å². The van der Waals surface area contributed by atoms with Crippen LogP contribution in [0.2, 0.25) is 0 Å². The maximum atomic E-state index is 12.9. The number of aryl methyl sites for hydroxylation is 1. The van der Waals surface area contributed by atoms with E-state index in [0.717, 1.165) is 22.4 Å². The average Bonchev–Trinajstić information content (AvgIpc) is 2.45. The minimum atomic E-state index is -0.254. The molecule has 0 saturated heterocycles. The zero-order chi connectivity index (χ0) is 15.1. The molecule has 1 heterocycles. The highest BCUT2D eigenvalue weighted by Crippen LogP contribution is 2.23. The number of nitrogens with zero attached hydrogens (tertiary/aromatic N) is 1. The van der Waals surface area contributed by atoms with E-state index >= 15 is 0 Å². The lowest BCUT2D eigenvalue weighted by Gasteiger charge is -2.11. The second kappa shape index (κ2) is 7.60. The number of halogens is 1. The first-order valence-electron chi connectivity index (χ1n) is 6.78. The Kier molecular flexibility index (Phi) is 6.12. The van der Waals surface area contributed by atoms with E-state index in [1.165, 1.54) is 12.1 Å². The number of hydrogen-bond acceptors (Lipinski definition) is 3. The van der Waals surface area contributed by atoms with Gasteiger partial charge in [-0.05, 0) is 49.9 Å². The maximum Gasteiger partial charge on any atom is 0.128 e. The monoisotopic (exact) mass is 275 g/mol. The highest BCUT2D eigenvalue weighted by Gasteiger charge is 2.08. The molecule has 3 N–H and O–H groups in total. The molecule has 3 nitrogen and oxygen atoms in total. The van der Waals surface area contributed by atoms with Crippen molar-refractivity contribution in [1.29, 1.82) is 0 Å². The summed E-state index contributed by atoms with van der Waals surface area (Å²) in [6, 6.07) is 8.22. The molecular weight excluding hydrogens is 253 g/mol. The lowest BCUT2D eigenvalue weighted by molar-refractivity contribution is 0.628. The number of pyridine rings is 1. The lowest BCUT2D eigenvalue weighted by atomic mass is 10.1. The predicted octanol–water partition coefficient (Wildman–Crippen LogP) is 3.52. The molecule has 0 aliphatic rings. The minimum Gasteiger partial charge on any atom is -0.383 e. The van der Waals surface area contributed by atoms with Crippen molar-refractivity contribution in [2.45, 2.75) is 27.3 Å². The first-order valence-corrected chi connectivity index (χ1v) is 6.78. The summed E-state index contributed by atoms with van der Waals surface area (Å²) in [5, 5.41) is 3.06. The molecular formula is C16H22FN3. The summed E-state index contributed by atoms with van der Waals surface area (Å²) in [5.74, 6) is 0.263. The smallest absolute Gasteiger partial charge is 0.128 e. The Balaban J connectivity index is 0.000000956. The van der Waals surface area contributed by atoms with Gasteiger partial charge in [0.15, 0.2) is 0 Å². The van der Waals surface area contributed by atoms with Crippen LogP contribution in [0.4, 0.5) is 10.2 Å². The highest BCUT2D eigenvalue weighted by atomic mass is 19.1. The van der Waals surface area contributed by atoms with Crippen LogP contribution >= 0.6 is 0 Å². The van der Waals surface area contributed by atoms with Crippen LogP contribution in [0.5, 0.6) is 0 Å². The van der Waals surface area contributed by atoms with Crippen LogP contribution in [0.25, 0.3) is 11.3 Å². The Morgan fingerprint density at radius 3 is 2.30 bits per heavy atom. The molecule has 20 heavy (non-hydrogen) atoms. The van der Waals surface area contributed by atoms with Gasteiger partial charge in [-0.2, -0.15) is 0 Å². The Bertz CT molecular complexity index is 527. The normalized spacial score (nSPS) is 9.85. The Hall–Kier alpha value is -1.94. The third-order valence-electron chi connectivity index (χ3n) is 2.87. The highest BCUT2D eigenvalue weighted by molar-refractivity contribution is 5.63. The van der Waals surface area contributed by atoms with E-state index in [4.69, 9.17) is 5.73 Å². The molecule has 1 aromatic carbocycles. The zero-order valence-electron chi connectivity index (χ0n) is 12.5. The van der Waals surface area contributed by atoms with Crippen LogP contribution in [-0.4, -0.2) is 12.0 Å². The molecule has 108 valence electrons. The Morgan fingerprint density at radius 1 is 1.20 bits per heavy atom. The quantitative estimate of drug-likeness (QED) is 0.901. The van der Waals surface area contributed by atoms with E-state index in [1.807, 2.05) is 33.9 Å². The minimum absolute atomic E-state index is 0.254. The number of anilines is 1. The van der Waals surface area contributed by atoms with Crippen molar-refractivity contribution in [3.63, 3.8) is 0 Å². The number of nitrogens with two attached hydrogens (primary N) is 1. The summed E-state index contributed by atoms with van der Waals surface area (Å²) in [4.78, 5) is 4.37. The molecule has 2 rings (SSSR count). The molecule has 0 radical (unpaired) electrons. The van der Waals surface area contributed by atoms with Gasteiger partial charge in [-0.1, -0.05) is 13.8 Å². The number of nitrogen functional groups attached to an aromatic ring is 1. The van der Waals surface area contributed by atoms with E-state index in [2.05, 4.69) is 10.3 Å². The molecule has 0 aliphatic carbocycles. The molecule has 0 atom stereocenters. The maximum absolute atomic E-state index is 12.9. The van der Waals surface area contributed by atoms with E-state index < -0.39 is 0 Å². The molecule has 0 bridgehead atoms. The van der Waals surface area contributed by atoms with Gasteiger partial charge in [-0.15, -0.1) is 0 Å². The average molecular weight is 275 g/mol. The fourth-order valence-electron chi connectivity index (χ4n) is 1.90. The van der Waals surface area contributed by atoms with Crippen LogP contribution in [0.1, 0.15) is 25.0 Å². The number of aromatic nitrogens is 1. The summed E-state index contributed by atoms with van der Waals surface area (Å²) in [6.07, 6.45) is 0. The Morgan fingerprint density at radius 2 is 1.80 bits per heavy atom. The predicted molar refractivity (Wildman–Crippen MR) is 82.9 cm³/mol. The Labute approximate surface area is 120 Å². The zero-order valence-corrected chi connectivity index (χ0v) is 12.5. The summed E-state index contributed by atoms with van der Waals surface area (Å²) in [7, 11) is 1.87.